The van der Waals surface area contributed by atoms with Gasteiger partial charge in [-0.3, -0.25) is 0 Å². The summed E-state index contributed by atoms with van der Waals surface area (Å²) in [4.78, 5) is 4.18. The number of hydrogen-bond acceptors (Lipinski definition) is 5. The summed E-state index contributed by atoms with van der Waals surface area (Å²) in [5.74, 6) is 2.04. The fraction of sp³-hybridized carbons (Fsp3) is 0.312. The van der Waals surface area contributed by atoms with Gasteiger partial charge in [0, 0.05) is 12.1 Å². The molecule has 1 N–H and O–H groups in total. The number of aromatic nitrogens is 1. The molecule has 0 saturated heterocycles. The Bertz CT molecular complexity index is 585. The van der Waals surface area contributed by atoms with Crippen molar-refractivity contribution in [2.45, 2.75) is 13.0 Å². The first-order chi connectivity index (χ1) is 10.2. The van der Waals surface area contributed by atoms with Crippen molar-refractivity contribution >= 4 is 5.69 Å². The molecule has 2 aromatic rings. The van der Waals surface area contributed by atoms with Crippen LogP contribution < -0.4 is 19.5 Å². The van der Waals surface area contributed by atoms with Crippen molar-refractivity contribution in [2.75, 3.05) is 26.6 Å². The average Bonchev–Trinajstić information content (AvgIpc) is 2.54. The number of rotatable bonds is 6. The van der Waals surface area contributed by atoms with Gasteiger partial charge in [0.15, 0.2) is 11.5 Å². The molecular formula is C16H20N2O3. The quantitative estimate of drug-likeness (QED) is 0.884. The van der Waals surface area contributed by atoms with E-state index in [1.807, 2.05) is 30.3 Å². The Labute approximate surface area is 124 Å². The van der Waals surface area contributed by atoms with E-state index in [0.29, 0.717) is 5.88 Å². The molecule has 0 aliphatic carbocycles. The number of nitrogens with zero attached hydrogens (tertiary/aromatic N) is 1. The van der Waals surface area contributed by atoms with E-state index in [9.17, 15) is 0 Å². The monoisotopic (exact) mass is 288 g/mol. The van der Waals surface area contributed by atoms with Gasteiger partial charge in [0.05, 0.1) is 33.2 Å². The standard InChI is InChI=1S/C16H20N2O3/c1-11(18-13-6-8-16(21-4)17-10-13)12-5-7-14(19-2)15(9-12)20-3/h5-11,18H,1-4H3. The summed E-state index contributed by atoms with van der Waals surface area (Å²) in [5, 5.41) is 3.38. The number of pyridine rings is 1. The number of anilines is 1. The van der Waals surface area contributed by atoms with Crippen LogP contribution in [0.1, 0.15) is 18.5 Å². The van der Waals surface area contributed by atoms with Crippen LogP contribution in [0.15, 0.2) is 36.5 Å². The lowest BCUT2D eigenvalue weighted by Crippen LogP contribution is -2.07. The SMILES string of the molecule is COc1ccc(NC(C)c2ccc(OC)c(OC)c2)cn1. The highest BCUT2D eigenvalue weighted by atomic mass is 16.5. The average molecular weight is 288 g/mol. The van der Waals surface area contributed by atoms with Gasteiger partial charge >= 0.3 is 0 Å². The van der Waals surface area contributed by atoms with Crippen LogP contribution in [-0.4, -0.2) is 26.3 Å². The van der Waals surface area contributed by atoms with E-state index in [0.717, 1.165) is 22.7 Å². The zero-order chi connectivity index (χ0) is 15.2. The molecule has 1 aromatic heterocycles. The highest BCUT2D eigenvalue weighted by molar-refractivity contribution is 5.48. The second-order valence-corrected chi connectivity index (χ2v) is 4.57. The first kappa shape index (κ1) is 15.0. The van der Waals surface area contributed by atoms with Crippen molar-refractivity contribution < 1.29 is 14.2 Å². The summed E-state index contributed by atoms with van der Waals surface area (Å²) >= 11 is 0. The van der Waals surface area contributed by atoms with Crippen molar-refractivity contribution in [1.82, 2.24) is 4.98 Å². The first-order valence-electron chi connectivity index (χ1n) is 6.66. The van der Waals surface area contributed by atoms with E-state index in [1.165, 1.54) is 0 Å². The minimum Gasteiger partial charge on any atom is -0.493 e. The Balaban J connectivity index is 2.13. The lowest BCUT2D eigenvalue weighted by Gasteiger charge is -2.17. The van der Waals surface area contributed by atoms with E-state index in [-0.39, 0.29) is 6.04 Å². The van der Waals surface area contributed by atoms with Gasteiger partial charge in [-0.25, -0.2) is 4.98 Å². The molecule has 0 spiro atoms. The smallest absolute Gasteiger partial charge is 0.213 e. The molecular weight excluding hydrogens is 268 g/mol. The van der Waals surface area contributed by atoms with Crippen LogP contribution >= 0.6 is 0 Å². The number of methoxy groups -OCH3 is 3. The van der Waals surface area contributed by atoms with Gasteiger partial charge in [-0.15, -0.1) is 0 Å². The zero-order valence-electron chi connectivity index (χ0n) is 12.7. The molecule has 2 rings (SSSR count). The van der Waals surface area contributed by atoms with Crippen LogP contribution in [0.5, 0.6) is 17.4 Å². The molecule has 0 saturated carbocycles. The van der Waals surface area contributed by atoms with E-state index in [2.05, 4.69) is 17.2 Å². The third kappa shape index (κ3) is 3.56. The van der Waals surface area contributed by atoms with E-state index >= 15 is 0 Å². The van der Waals surface area contributed by atoms with E-state index in [1.54, 1.807) is 27.5 Å². The molecule has 1 heterocycles. The van der Waals surface area contributed by atoms with Gasteiger partial charge in [0.25, 0.3) is 0 Å². The molecule has 5 heteroatoms. The van der Waals surface area contributed by atoms with Gasteiger partial charge in [-0.1, -0.05) is 6.07 Å². The molecule has 1 aromatic carbocycles. The Hall–Kier alpha value is -2.43. The third-order valence-electron chi connectivity index (χ3n) is 3.24. The fourth-order valence-corrected chi connectivity index (χ4v) is 2.04. The number of ether oxygens (including phenoxy) is 3. The molecule has 0 fully saturated rings. The molecule has 112 valence electrons. The lowest BCUT2D eigenvalue weighted by atomic mass is 10.1. The zero-order valence-corrected chi connectivity index (χ0v) is 12.7. The maximum absolute atomic E-state index is 5.33. The summed E-state index contributed by atoms with van der Waals surface area (Å²) in [5.41, 5.74) is 2.03. The predicted molar refractivity (Wildman–Crippen MR) is 82.4 cm³/mol. The minimum absolute atomic E-state index is 0.111. The first-order valence-corrected chi connectivity index (χ1v) is 6.66. The topological polar surface area (TPSA) is 52.6 Å². The van der Waals surface area contributed by atoms with Crippen LogP contribution in [-0.2, 0) is 0 Å². The molecule has 0 bridgehead atoms. The van der Waals surface area contributed by atoms with Gasteiger partial charge in [-0.2, -0.15) is 0 Å². The summed E-state index contributed by atoms with van der Waals surface area (Å²) in [6.07, 6.45) is 1.75. The van der Waals surface area contributed by atoms with Crippen LogP contribution in [0.2, 0.25) is 0 Å². The number of hydrogen-bond donors (Lipinski definition) is 1. The van der Waals surface area contributed by atoms with Crippen LogP contribution in [0, 0.1) is 0 Å². The Morgan fingerprint density at radius 1 is 0.952 bits per heavy atom. The van der Waals surface area contributed by atoms with Crippen LogP contribution in [0.4, 0.5) is 5.69 Å². The van der Waals surface area contributed by atoms with Crippen molar-refractivity contribution in [1.29, 1.82) is 0 Å². The molecule has 0 amide bonds. The van der Waals surface area contributed by atoms with E-state index in [4.69, 9.17) is 14.2 Å². The van der Waals surface area contributed by atoms with Crippen molar-refractivity contribution in [2.24, 2.45) is 0 Å². The normalized spacial score (nSPS) is 11.6. The van der Waals surface area contributed by atoms with Gasteiger partial charge < -0.3 is 19.5 Å². The summed E-state index contributed by atoms with van der Waals surface area (Å²) in [6.45, 7) is 2.07. The molecule has 1 unspecified atom stereocenters. The predicted octanol–water partition coefficient (Wildman–Crippen LogP) is 3.28. The maximum Gasteiger partial charge on any atom is 0.213 e. The molecule has 0 radical (unpaired) electrons. The number of benzene rings is 1. The summed E-state index contributed by atoms with van der Waals surface area (Å²) in [6, 6.07) is 9.74. The molecule has 0 aliphatic heterocycles. The maximum atomic E-state index is 5.33. The van der Waals surface area contributed by atoms with Crippen LogP contribution in [0.3, 0.4) is 0 Å². The Morgan fingerprint density at radius 2 is 1.71 bits per heavy atom. The van der Waals surface area contributed by atoms with Crippen molar-refractivity contribution in [3.8, 4) is 17.4 Å². The van der Waals surface area contributed by atoms with Gasteiger partial charge in [-0.05, 0) is 30.7 Å². The van der Waals surface area contributed by atoms with Gasteiger partial charge in [0.1, 0.15) is 0 Å². The number of nitrogens with one attached hydrogen (secondary N) is 1. The summed E-state index contributed by atoms with van der Waals surface area (Å²) < 4.78 is 15.6. The third-order valence-corrected chi connectivity index (χ3v) is 3.24. The fourth-order valence-electron chi connectivity index (χ4n) is 2.04. The molecule has 0 aliphatic rings. The minimum atomic E-state index is 0.111. The second-order valence-electron chi connectivity index (χ2n) is 4.57. The molecule has 5 nitrogen and oxygen atoms in total. The Morgan fingerprint density at radius 3 is 2.29 bits per heavy atom. The highest BCUT2D eigenvalue weighted by Gasteiger charge is 2.10. The molecule has 21 heavy (non-hydrogen) atoms. The lowest BCUT2D eigenvalue weighted by molar-refractivity contribution is 0.354. The Kier molecular flexibility index (Phi) is 4.87. The van der Waals surface area contributed by atoms with Gasteiger partial charge in [0.2, 0.25) is 5.88 Å². The van der Waals surface area contributed by atoms with Crippen LogP contribution in [0.25, 0.3) is 0 Å². The van der Waals surface area contributed by atoms with Crippen molar-refractivity contribution in [3.05, 3.63) is 42.1 Å². The summed E-state index contributed by atoms with van der Waals surface area (Å²) in [7, 11) is 4.86. The van der Waals surface area contributed by atoms with E-state index < -0.39 is 0 Å². The second kappa shape index (κ2) is 6.83. The highest BCUT2D eigenvalue weighted by Crippen LogP contribution is 2.31. The van der Waals surface area contributed by atoms with Crippen molar-refractivity contribution in [3.63, 3.8) is 0 Å². The molecule has 1 atom stereocenters. The largest absolute Gasteiger partial charge is 0.493 e.